The normalized spacial score (nSPS) is 20.1. The zero-order valence-corrected chi connectivity index (χ0v) is 17.4. The Kier molecular flexibility index (Phi) is 6.06. The summed E-state index contributed by atoms with van der Waals surface area (Å²) in [6.45, 7) is 0. The number of rotatable bonds is 6. The molecular formula is C26H24FNO4. The number of carboxylic acid groups (broad SMARTS) is 1. The van der Waals surface area contributed by atoms with E-state index in [1.165, 1.54) is 6.07 Å². The number of benzene rings is 3. The van der Waals surface area contributed by atoms with Crippen LogP contribution in [0.5, 0.6) is 0 Å². The van der Waals surface area contributed by atoms with Crippen LogP contribution in [0.4, 0.5) is 10.1 Å². The van der Waals surface area contributed by atoms with E-state index in [0.717, 1.165) is 16.7 Å². The highest BCUT2D eigenvalue weighted by Crippen LogP contribution is 2.42. The molecule has 1 fully saturated rings. The van der Waals surface area contributed by atoms with Gasteiger partial charge in [0.05, 0.1) is 17.9 Å². The molecule has 3 aromatic rings. The number of carbonyl (C=O) groups excluding carboxylic acids is 1. The van der Waals surface area contributed by atoms with Gasteiger partial charge in [0, 0.05) is 5.69 Å². The first-order chi connectivity index (χ1) is 15.3. The van der Waals surface area contributed by atoms with Gasteiger partial charge < -0.3 is 15.5 Å². The van der Waals surface area contributed by atoms with Crippen LogP contribution in [0.2, 0.25) is 0 Å². The highest BCUT2D eigenvalue weighted by atomic mass is 19.1. The van der Waals surface area contributed by atoms with Crippen molar-refractivity contribution in [2.24, 2.45) is 5.92 Å². The third-order valence-electron chi connectivity index (χ3n) is 6.07. The predicted molar refractivity (Wildman–Crippen MR) is 119 cm³/mol. The molecule has 3 N–H and O–H groups in total. The van der Waals surface area contributed by atoms with Crippen LogP contribution in [0.15, 0.2) is 72.8 Å². The van der Waals surface area contributed by atoms with E-state index in [0.29, 0.717) is 24.1 Å². The second-order valence-corrected chi connectivity index (χ2v) is 8.28. The zero-order chi connectivity index (χ0) is 22.7. The van der Waals surface area contributed by atoms with E-state index in [2.05, 4.69) is 5.32 Å². The molecule has 1 amide bonds. The minimum Gasteiger partial charge on any atom is -0.481 e. The number of carboxylic acids is 1. The molecule has 6 heteroatoms. The Hall–Kier alpha value is -3.51. The minimum absolute atomic E-state index is 0.0401. The van der Waals surface area contributed by atoms with Crippen molar-refractivity contribution in [3.8, 4) is 11.1 Å². The number of amides is 1. The molecule has 3 aromatic carbocycles. The first kappa shape index (κ1) is 21.7. The van der Waals surface area contributed by atoms with Gasteiger partial charge in [0.25, 0.3) is 0 Å². The number of nitrogens with one attached hydrogen (secondary N) is 1. The van der Waals surface area contributed by atoms with Crippen LogP contribution < -0.4 is 5.32 Å². The number of halogens is 1. The monoisotopic (exact) mass is 433 g/mol. The van der Waals surface area contributed by atoms with Crippen LogP contribution in [0.3, 0.4) is 0 Å². The van der Waals surface area contributed by atoms with Gasteiger partial charge in [-0.05, 0) is 59.7 Å². The summed E-state index contributed by atoms with van der Waals surface area (Å²) in [7, 11) is 0. The number of aliphatic hydroxyl groups is 1. The van der Waals surface area contributed by atoms with Crippen molar-refractivity contribution < 1.29 is 24.2 Å². The van der Waals surface area contributed by atoms with Gasteiger partial charge >= 0.3 is 5.97 Å². The van der Waals surface area contributed by atoms with Gasteiger partial charge in [-0.25, -0.2) is 4.39 Å². The fourth-order valence-electron chi connectivity index (χ4n) is 4.24. The fourth-order valence-corrected chi connectivity index (χ4v) is 4.24. The van der Waals surface area contributed by atoms with Gasteiger partial charge in [0.15, 0.2) is 0 Å². The maximum atomic E-state index is 13.7. The number of hydrogen-bond acceptors (Lipinski definition) is 3. The lowest BCUT2D eigenvalue weighted by Crippen LogP contribution is -2.23. The topological polar surface area (TPSA) is 86.6 Å². The lowest BCUT2D eigenvalue weighted by Gasteiger charge is -2.23. The molecule has 1 aliphatic rings. The Balaban J connectivity index is 1.40. The van der Waals surface area contributed by atoms with Crippen molar-refractivity contribution in [1.29, 1.82) is 0 Å². The molecule has 1 aliphatic carbocycles. The maximum Gasteiger partial charge on any atom is 0.306 e. The van der Waals surface area contributed by atoms with Gasteiger partial charge in [-0.1, -0.05) is 54.6 Å². The molecule has 5 nitrogen and oxygen atoms in total. The van der Waals surface area contributed by atoms with Crippen molar-refractivity contribution in [2.75, 3.05) is 5.32 Å². The number of hydrogen-bond donors (Lipinski definition) is 3. The standard InChI is InChI=1S/C26H24FNO4/c27-23-4-2-1-3-19(23)15-24(29)28-22-11-7-18(8-12-22)17-5-9-21(10-6-17)26(32)14-13-20(16-26)25(30)31/h1-12,20,32H,13-16H2,(H,28,29)(H,30,31)/t20-,26+/m1/s1. The van der Waals surface area contributed by atoms with Crippen molar-refractivity contribution in [1.82, 2.24) is 0 Å². The van der Waals surface area contributed by atoms with Gasteiger partial charge in [-0.3, -0.25) is 9.59 Å². The summed E-state index contributed by atoms with van der Waals surface area (Å²) < 4.78 is 13.7. The SMILES string of the molecule is O=C(Cc1ccccc1F)Nc1ccc(-c2ccc([C@]3(O)CC[C@@H](C(=O)O)C3)cc2)cc1. The van der Waals surface area contributed by atoms with Crippen LogP contribution in [0, 0.1) is 11.7 Å². The third-order valence-corrected chi connectivity index (χ3v) is 6.07. The second kappa shape index (κ2) is 8.93. The van der Waals surface area contributed by atoms with Crippen molar-refractivity contribution in [2.45, 2.75) is 31.3 Å². The number of anilines is 1. The molecule has 4 rings (SSSR count). The summed E-state index contributed by atoms with van der Waals surface area (Å²) in [4.78, 5) is 23.4. The molecule has 0 aliphatic heterocycles. The Labute approximate surface area is 185 Å². The van der Waals surface area contributed by atoms with Gasteiger partial charge in [-0.2, -0.15) is 0 Å². The minimum atomic E-state index is -1.10. The lowest BCUT2D eigenvalue weighted by molar-refractivity contribution is -0.142. The smallest absolute Gasteiger partial charge is 0.306 e. The summed E-state index contributed by atoms with van der Waals surface area (Å²) in [6.07, 6.45) is 1.09. The summed E-state index contributed by atoms with van der Waals surface area (Å²) >= 11 is 0. The number of carbonyl (C=O) groups is 2. The molecule has 0 heterocycles. The summed E-state index contributed by atoms with van der Waals surface area (Å²) in [5.74, 6) is -2.07. The van der Waals surface area contributed by atoms with Crippen molar-refractivity contribution in [3.05, 3.63) is 89.7 Å². The molecule has 1 saturated carbocycles. The van der Waals surface area contributed by atoms with Crippen LogP contribution in [0.25, 0.3) is 11.1 Å². The quantitative estimate of drug-likeness (QED) is 0.524. The Morgan fingerprint density at radius 2 is 1.59 bits per heavy atom. The predicted octanol–water partition coefficient (Wildman–Crippen LogP) is 4.75. The van der Waals surface area contributed by atoms with Crippen LogP contribution >= 0.6 is 0 Å². The number of aliphatic carboxylic acids is 1. The van der Waals surface area contributed by atoms with E-state index in [4.69, 9.17) is 0 Å². The fraction of sp³-hybridized carbons (Fsp3) is 0.231. The lowest BCUT2D eigenvalue weighted by atomic mass is 9.90. The highest BCUT2D eigenvalue weighted by molar-refractivity contribution is 5.92. The zero-order valence-electron chi connectivity index (χ0n) is 17.4. The summed E-state index contributed by atoms with van der Waals surface area (Å²) in [6, 6.07) is 21.0. The first-order valence-corrected chi connectivity index (χ1v) is 10.5. The second-order valence-electron chi connectivity index (χ2n) is 8.28. The molecule has 32 heavy (non-hydrogen) atoms. The molecule has 0 saturated heterocycles. The van der Waals surface area contributed by atoms with Crippen LogP contribution in [-0.2, 0) is 21.6 Å². The Morgan fingerprint density at radius 1 is 0.969 bits per heavy atom. The van der Waals surface area contributed by atoms with Crippen molar-refractivity contribution >= 4 is 17.6 Å². The molecule has 0 unspecified atom stereocenters. The van der Waals surface area contributed by atoms with E-state index in [1.807, 2.05) is 36.4 Å². The highest BCUT2D eigenvalue weighted by Gasteiger charge is 2.41. The van der Waals surface area contributed by atoms with Gasteiger partial charge in [0.1, 0.15) is 5.82 Å². The molecule has 2 atom stereocenters. The largest absolute Gasteiger partial charge is 0.481 e. The average molecular weight is 433 g/mol. The molecule has 0 bridgehead atoms. The first-order valence-electron chi connectivity index (χ1n) is 10.5. The molecule has 0 aromatic heterocycles. The van der Waals surface area contributed by atoms with E-state index < -0.39 is 23.3 Å². The van der Waals surface area contributed by atoms with E-state index >= 15 is 0 Å². The molecule has 0 spiro atoms. The molecular weight excluding hydrogens is 409 g/mol. The molecule has 0 radical (unpaired) electrons. The Morgan fingerprint density at radius 3 is 2.19 bits per heavy atom. The average Bonchev–Trinajstić information content (AvgIpc) is 3.20. The van der Waals surface area contributed by atoms with E-state index in [-0.39, 0.29) is 18.7 Å². The van der Waals surface area contributed by atoms with E-state index in [1.54, 1.807) is 30.3 Å². The summed E-state index contributed by atoms with van der Waals surface area (Å²) in [5, 5.41) is 22.8. The van der Waals surface area contributed by atoms with Crippen LogP contribution in [0.1, 0.15) is 30.4 Å². The van der Waals surface area contributed by atoms with E-state index in [9.17, 15) is 24.2 Å². The summed E-state index contributed by atoms with van der Waals surface area (Å²) in [5.41, 5.74) is 2.46. The maximum absolute atomic E-state index is 13.7. The van der Waals surface area contributed by atoms with Crippen LogP contribution in [-0.4, -0.2) is 22.1 Å². The van der Waals surface area contributed by atoms with Crippen molar-refractivity contribution in [3.63, 3.8) is 0 Å². The van der Waals surface area contributed by atoms with Gasteiger partial charge in [0.2, 0.25) is 5.91 Å². The Bertz CT molecular complexity index is 1130. The molecule has 164 valence electrons. The third kappa shape index (κ3) is 4.70. The van der Waals surface area contributed by atoms with Gasteiger partial charge in [-0.15, -0.1) is 0 Å².